The summed E-state index contributed by atoms with van der Waals surface area (Å²) in [7, 11) is -10.2. The van der Waals surface area contributed by atoms with Crippen molar-refractivity contribution in [2.75, 3.05) is 5.32 Å². The molecule has 1 amide bonds. The Labute approximate surface area is 192 Å². The Morgan fingerprint density at radius 2 is 1.64 bits per heavy atom. The number of nitrogens with one attached hydrogen (secondary N) is 1. The van der Waals surface area contributed by atoms with E-state index < -0.39 is 39.3 Å². The topological polar surface area (TPSA) is 185 Å². The van der Waals surface area contributed by atoms with E-state index in [1.54, 1.807) is 30.3 Å². The normalized spacial score (nSPS) is 12.4. The lowest BCUT2D eigenvalue weighted by Gasteiger charge is -2.19. The summed E-state index contributed by atoms with van der Waals surface area (Å²) in [5.41, 5.74) is 1.94. The van der Waals surface area contributed by atoms with Crippen LogP contribution in [0.5, 0.6) is 11.5 Å². The molecule has 0 atom stereocenters. The molecule has 0 aliphatic heterocycles. The lowest BCUT2D eigenvalue weighted by atomic mass is 10.0. The van der Waals surface area contributed by atoms with Gasteiger partial charge in [-0.2, -0.15) is 0 Å². The lowest BCUT2D eigenvalue weighted by Crippen LogP contribution is -2.16. The highest BCUT2D eigenvalue weighted by molar-refractivity contribution is 7.70. The fourth-order valence-electron chi connectivity index (χ4n) is 3.48. The summed E-state index contributed by atoms with van der Waals surface area (Å²) >= 11 is 1.43. The van der Waals surface area contributed by atoms with Crippen molar-refractivity contribution in [3.63, 3.8) is 0 Å². The Hall–Kier alpha value is -2.23. The van der Waals surface area contributed by atoms with Crippen LogP contribution in [0.3, 0.4) is 0 Å². The third kappa shape index (κ3) is 5.83. The molecule has 2 aromatic carbocycles. The van der Waals surface area contributed by atoms with Crippen molar-refractivity contribution < 1.29 is 43.7 Å². The van der Waals surface area contributed by atoms with Gasteiger partial charge in [-0.25, -0.2) is 0 Å². The Kier molecular flexibility index (Phi) is 7.36. The third-order valence-electron chi connectivity index (χ3n) is 5.07. The summed E-state index contributed by atoms with van der Waals surface area (Å²) in [5, 5.41) is 20.9. The molecule has 7 N–H and O–H groups in total. The molecule has 0 spiro atoms. The van der Waals surface area contributed by atoms with Crippen molar-refractivity contribution in [2.24, 2.45) is 0 Å². The minimum Gasteiger partial charge on any atom is -0.508 e. The summed E-state index contributed by atoms with van der Waals surface area (Å²) < 4.78 is 23.5. The first-order chi connectivity index (χ1) is 15.3. The van der Waals surface area contributed by atoms with Crippen LogP contribution >= 0.6 is 26.5 Å². The second kappa shape index (κ2) is 9.56. The van der Waals surface area contributed by atoms with Crippen LogP contribution < -0.4 is 5.32 Å². The summed E-state index contributed by atoms with van der Waals surface area (Å²) in [6, 6.07) is 9.79. The molecule has 13 heteroatoms. The van der Waals surface area contributed by atoms with Gasteiger partial charge in [0.15, 0.2) is 5.40 Å². The van der Waals surface area contributed by atoms with Gasteiger partial charge in [0.1, 0.15) is 11.5 Å². The number of anilines is 1. The van der Waals surface area contributed by atoms with Crippen molar-refractivity contribution in [3.05, 3.63) is 42.0 Å². The number of thiophene rings is 1. The highest BCUT2D eigenvalue weighted by Crippen LogP contribution is 2.61. The van der Waals surface area contributed by atoms with Crippen LogP contribution in [-0.4, -0.2) is 41.1 Å². The molecule has 0 fully saturated rings. The van der Waals surface area contributed by atoms with Gasteiger partial charge in [0.05, 0.1) is 5.69 Å². The quantitative estimate of drug-likeness (QED) is 0.172. The second-order valence-electron chi connectivity index (χ2n) is 7.42. The summed E-state index contributed by atoms with van der Waals surface area (Å²) in [4.78, 5) is 49.9. The molecule has 0 unspecified atom stereocenters. The molecule has 10 nitrogen and oxygen atoms in total. The number of carbonyl (C=O) groups excluding carboxylic acids is 1. The van der Waals surface area contributed by atoms with E-state index in [9.17, 15) is 43.7 Å². The van der Waals surface area contributed by atoms with E-state index in [0.29, 0.717) is 6.42 Å². The van der Waals surface area contributed by atoms with Crippen LogP contribution in [0.1, 0.15) is 25.3 Å². The molecule has 178 valence electrons. The van der Waals surface area contributed by atoms with Gasteiger partial charge < -0.3 is 35.1 Å². The number of amides is 1. The molecule has 0 saturated heterocycles. The van der Waals surface area contributed by atoms with Gasteiger partial charge in [0, 0.05) is 21.4 Å². The summed E-state index contributed by atoms with van der Waals surface area (Å²) in [6.07, 6.45) is -0.622. The summed E-state index contributed by atoms with van der Waals surface area (Å²) in [6.45, 7) is 1.97. The molecule has 0 saturated carbocycles. The number of fused-ring (bicyclic) bond motifs is 1. The van der Waals surface area contributed by atoms with Gasteiger partial charge >= 0.3 is 15.2 Å². The fraction of sp³-hybridized carbons (Fsp3) is 0.250. The van der Waals surface area contributed by atoms with Crippen molar-refractivity contribution >= 4 is 48.2 Å². The number of aryl methyl sites for hydroxylation is 1. The van der Waals surface area contributed by atoms with Crippen molar-refractivity contribution in [2.45, 2.75) is 31.6 Å². The zero-order valence-corrected chi connectivity index (χ0v) is 20.0. The molecular weight excluding hydrogens is 492 g/mol. The number of benzene rings is 2. The Morgan fingerprint density at radius 3 is 2.18 bits per heavy atom. The Balaban J connectivity index is 1.86. The molecule has 1 heterocycles. The molecular formula is C20H23NO9P2S. The van der Waals surface area contributed by atoms with E-state index in [0.717, 1.165) is 26.1 Å². The van der Waals surface area contributed by atoms with Gasteiger partial charge in [0.25, 0.3) is 0 Å². The predicted octanol–water partition coefficient (Wildman–Crippen LogP) is 3.94. The number of hydrogen-bond donors (Lipinski definition) is 7. The second-order valence-corrected chi connectivity index (χ2v) is 12.5. The third-order valence-corrected chi connectivity index (χ3v) is 10.2. The molecule has 0 bridgehead atoms. The smallest absolute Gasteiger partial charge is 0.340 e. The van der Waals surface area contributed by atoms with Gasteiger partial charge in [-0.15, -0.1) is 11.3 Å². The highest BCUT2D eigenvalue weighted by Gasteiger charge is 2.43. The van der Waals surface area contributed by atoms with Gasteiger partial charge in [-0.05, 0) is 60.4 Å². The van der Waals surface area contributed by atoms with E-state index in [1.165, 1.54) is 17.4 Å². The lowest BCUT2D eigenvalue weighted by molar-refractivity contribution is -0.116. The first-order valence-electron chi connectivity index (χ1n) is 9.79. The van der Waals surface area contributed by atoms with E-state index in [-0.39, 0.29) is 17.2 Å². The van der Waals surface area contributed by atoms with Crippen LogP contribution in [-0.2, 0) is 20.3 Å². The number of carbonyl (C=O) groups is 1. The average molecular weight is 515 g/mol. The highest BCUT2D eigenvalue weighted by atomic mass is 32.1. The fourth-order valence-corrected chi connectivity index (χ4v) is 7.30. The standard InChI is InChI=1S/C20H23NO9P2S/c1-2-13-14-9-16(23)15(10-17(14)33-20(13)11-3-5-12(22)6-4-11)21-18(24)7-8-19(31(25,26)27)32(28,29)30/h3-6,9-10,19,22-23H,2,7-8H2,1H3,(H,21,24)(H2,25,26,27)(H2,28,29,30). The van der Waals surface area contributed by atoms with E-state index in [2.05, 4.69) is 5.32 Å². The first-order valence-corrected chi connectivity index (χ1v) is 14.0. The molecule has 33 heavy (non-hydrogen) atoms. The van der Waals surface area contributed by atoms with Gasteiger partial charge in [-0.1, -0.05) is 6.92 Å². The maximum absolute atomic E-state index is 12.3. The average Bonchev–Trinajstić information content (AvgIpc) is 3.04. The minimum absolute atomic E-state index is 0.0672. The first kappa shape index (κ1) is 25.4. The molecule has 0 aliphatic carbocycles. The minimum atomic E-state index is -5.12. The number of phenols is 2. The summed E-state index contributed by atoms with van der Waals surface area (Å²) in [5.74, 6) is -0.843. The maximum Gasteiger partial charge on any atom is 0.340 e. The number of hydrogen-bond acceptors (Lipinski definition) is 6. The van der Waals surface area contributed by atoms with Gasteiger partial charge in [-0.3, -0.25) is 13.9 Å². The van der Waals surface area contributed by atoms with Crippen LogP contribution in [0, 0.1) is 0 Å². The molecule has 1 aromatic heterocycles. The molecule has 0 aliphatic rings. The SMILES string of the molecule is CCc1c(-c2ccc(O)cc2)sc2cc(NC(=O)CCC(P(=O)(O)O)P(=O)(O)O)c(O)cc12. The molecule has 0 radical (unpaired) electrons. The number of phenolic OH excluding ortho intramolecular Hbond substituents is 2. The van der Waals surface area contributed by atoms with Crippen LogP contribution in [0.25, 0.3) is 20.5 Å². The Morgan fingerprint density at radius 1 is 1.03 bits per heavy atom. The monoisotopic (exact) mass is 515 g/mol. The van der Waals surface area contributed by atoms with Crippen LogP contribution in [0.15, 0.2) is 36.4 Å². The van der Waals surface area contributed by atoms with E-state index >= 15 is 0 Å². The van der Waals surface area contributed by atoms with Crippen molar-refractivity contribution in [1.82, 2.24) is 0 Å². The Bertz CT molecular complexity index is 1250. The number of rotatable bonds is 8. The van der Waals surface area contributed by atoms with E-state index in [1.807, 2.05) is 6.92 Å². The molecule has 3 rings (SSSR count). The largest absolute Gasteiger partial charge is 0.508 e. The maximum atomic E-state index is 12.3. The van der Waals surface area contributed by atoms with Gasteiger partial charge in [0.2, 0.25) is 5.91 Å². The zero-order chi connectivity index (χ0) is 24.6. The predicted molar refractivity (Wildman–Crippen MR) is 126 cm³/mol. The van der Waals surface area contributed by atoms with Crippen LogP contribution in [0.4, 0.5) is 5.69 Å². The van der Waals surface area contributed by atoms with Crippen LogP contribution in [0.2, 0.25) is 0 Å². The zero-order valence-electron chi connectivity index (χ0n) is 17.4. The van der Waals surface area contributed by atoms with Crippen molar-refractivity contribution in [1.29, 1.82) is 0 Å². The molecule has 3 aromatic rings. The van der Waals surface area contributed by atoms with E-state index in [4.69, 9.17) is 0 Å². The van der Waals surface area contributed by atoms with Crippen molar-refractivity contribution in [3.8, 4) is 21.9 Å². The number of aromatic hydroxyl groups is 2.